The lowest BCUT2D eigenvalue weighted by molar-refractivity contribution is -0.135. The molecule has 5 nitrogen and oxygen atoms in total. The Bertz CT molecular complexity index is 490. The minimum Gasteiger partial charge on any atom is -0.454 e. The first-order valence-corrected chi connectivity index (χ1v) is 7.53. The van der Waals surface area contributed by atoms with Gasteiger partial charge in [-0.3, -0.25) is 4.79 Å². The third-order valence-electron chi connectivity index (χ3n) is 3.63. The van der Waals surface area contributed by atoms with E-state index < -0.39 is 0 Å². The predicted octanol–water partition coefficient (Wildman–Crippen LogP) is 2.01. The molecule has 1 aliphatic rings. The molecule has 1 amide bonds. The van der Waals surface area contributed by atoms with Crippen LogP contribution in [0.1, 0.15) is 26.3 Å². The molecule has 1 aliphatic heterocycles. The maximum absolute atomic E-state index is 12.4. The van der Waals surface area contributed by atoms with Crippen LogP contribution >= 0.6 is 0 Å². The number of amides is 1. The van der Waals surface area contributed by atoms with Gasteiger partial charge in [-0.2, -0.15) is 0 Å². The number of ether oxygens (including phenoxy) is 2. The Hall–Kier alpha value is -1.75. The largest absolute Gasteiger partial charge is 0.454 e. The summed E-state index contributed by atoms with van der Waals surface area (Å²) in [6.45, 7) is 9.18. The minimum absolute atomic E-state index is 0.0149. The smallest absolute Gasteiger partial charge is 0.231 e. The van der Waals surface area contributed by atoms with Gasteiger partial charge < -0.3 is 19.7 Å². The van der Waals surface area contributed by atoms with Crippen molar-refractivity contribution in [2.45, 2.75) is 27.3 Å². The van der Waals surface area contributed by atoms with Crippen molar-refractivity contribution >= 4 is 5.91 Å². The van der Waals surface area contributed by atoms with E-state index >= 15 is 0 Å². The van der Waals surface area contributed by atoms with Gasteiger partial charge in [-0.1, -0.05) is 19.9 Å². The molecule has 1 N–H and O–H groups in total. The fourth-order valence-electron chi connectivity index (χ4n) is 2.37. The van der Waals surface area contributed by atoms with Crippen LogP contribution in [-0.2, 0) is 11.3 Å². The van der Waals surface area contributed by atoms with Crippen molar-refractivity contribution in [1.82, 2.24) is 10.2 Å². The Labute approximate surface area is 126 Å². The summed E-state index contributed by atoms with van der Waals surface area (Å²) >= 11 is 0. The zero-order valence-corrected chi connectivity index (χ0v) is 13.0. The monoisotopic (exact) mass is 292 g/mol. The van der Waals surface area contributed by atoms with Gasteiger partial charge in [0.05, 0.1) is 0 Å². The molecule has 1 unspecified atom stereocenters. The van der Waals surface area contributed by atoms with Gasteiger partial charge in [0, 0.05) is 25.6 Å². The third-order valence-corrected chi connectivity index (χ3v) is 3.63. The van der Waals surface area contributed by atoms with Crippen molar-refractivity contribution in [3.8, 4) is 11.5 Å². The molecule has 1 aromatic rings. The van der Waals surface area contributed by atoms with Crippen LogP contribution in [-0.4, -0.2) is 37.2 Å². The van der Waals surface area contributed by atoms with Gasteiger partial charge in [-0.25, -0.2) is 0 Å². The minimum atomic E-state index is -0.0149. The van der Waals surface area contributed by atoms with E-state index in [1.165, 1.54) is 0 Å². The molecule has 0 fully saturated rings. The highest BCUT2D eigenvalue weighted by atomic mass is 16.7. The van der Waals surface area contributed by atoms with Crippen molar-refractivity contribution in [1.29, 1.82) is 0 Å². The number of carbonyl (C=O) groups is 1. The van der Waals surface area contributed by atoms with E-state index in [1.807, 2.05) is 43.9 Å². The highest BCUT2D eigenvalue weighted by Crippen LogP contribution is 2.32. The number of benzene rings is 1. The summed E-state index contributed by atoms with van der Waals surface area (Å²) in [6, 6.07) is 5.84. The molecule has 1 aromatic carbocycles. The predicted molar refractivity (Wildman–Crippen MR) is 81.4 cm³/mol. The molecule has 0 aliphatic carbocycles. The van der Waals surface area contributed by atoms with Gasteiger partial charge >= 0.3 is 0 Å². The van der Waals surface area contributed by atoms with Crippen LogP contribution in [0.5, 0.6) is 11.5 Å². The van der Waals surface area contributed by atoms with Gasteiger partial charge in [0.25, 0.3) is 0 Å². The molecular formula is C16H24N2O3. The van der Waals surface area contributed by atoms with Gasteiger partial charge in [0.2, 0.25) is 12.7 Å². The van der Waals surface area contributed by atoms with Crippen LogP contribution in [0.4, 0.5) is 0 Å². The number of hydrogen-bond donors (Lipinski definition) is 1. The molecule has 1 heterocycles. The van der Waals surface area contributed by atoms with E-state index in [-0.39, 0.29) is 18.6 Å². The Balaban J connectivity index is 1.99. The van der Waals surface area contributed by atoms with Crippen molar-refractivity contribution in [2.24, 2.45) is 5.92 Å². The SMILES string of the molecule is CCNCC(C)C(=O)N(CC)Cc1ccc2c(c1)OCO2. The standard InChI is InChI=1S/C16H24N2O3/c1-4-17-9-12(3)16(19)18(5-2)10-13-6-7-14-15(8-13)21-11-20-14/h6-8,12,17H,4-5,9-11H2,1-3H3. The number of hydrogen-bond acceptors (Lipinski definition) is 4. The number of rotatable bonds is 7. The van der Waals surface area contributed by atoms with E-state index in [9.17, 15) is 4.79 Å². The molecule has 0 aromatic heterocycles. The second-order valence-corrected chi connectivity index (χ2v) is 5.25. The van der Waals surface area contributed by atoms with Gasteiger partial charge in [0.1, 0.15) is 0 Å². The molecule has 5 heteroatoms. The van der Waals surface area contributed by atoms with Crippen LogP contribution in [0, 0.1) is 5.92 Å². The Morgan fingerprint density at radius 3 is 2.81 bits per heavy atom. The summed E-state index contributed by atoms with van der Waals surface area (Å²) < 4.78 is 10.7. The Morgan fingerprint density at radius 1 is 1.33 bits per heavy atom. The molecule has 0 saturated heterocycles. The summed E-state index contributed by atoms with van der Waals surface area (Å²) in [4.78, 5) is 14.3. The first-order valence-electron chi connectivity index (χ1n) is 7.53. The molecule has 21 heavy (non-hydrogen) atoms. The summed E-state index contributed by atoms with van der Waals surface area (Å²) in [5.41, 5.74) is 1.06. The number of carbonyl (C=O) groups excluding carboxylic acids is 1. The van der Waals surface area contributed by atoms with Crippen LogP contribution in [0.3, 0.4) is 0 Å². The summed E-state index contributed by atoms with van der Waals surface area (Å²) in [6.07, 6.45) is 0. The summed E-state index contributed by atoms with van der Waals surface area (Å²) in [7, 11) is 0. The van der Waals surface area contributed by atoms with Crippen LogP contribution in [0.2, 0.25) is 0 Å². The molecule has 0 spiro atoms. The number of nitrogens with one attached hydrogen (secondary N) is 1. The highest BCUT2D eigenvalue weighted by Gasteiger charge is 2.20. The van der Waals surface area contributed by atoms with Gasteiger partial charge in [0.15, 0.2) is 11.5 Å². The quantitative estimate of drug-likeness (QED) is 0.835. The van der Waals surface area contributed by atoms with Crippen molar-refractivity contribution < 1.29 is 14.3 Å². The third kappa shape index (κ3) is 3.88. The molecule has 2 rings (SSSR count). The van der Waals surface area contributed by atoms with E-state index in [1.54, 1.807) is 0 Å². The van der Waals surface area contributed by atoms with E-state index in [0.29, 0.717) is 19.6 Å². The number of fused-ring (bicyclic) bond motifs is 1. The zero-order chi connectivity index (χ0) is 15.2. The fourth-order valence-corrected chi connectivity index (χ4v) is 2.37. The lowest BCUT2D eigenvalue weighted by Gasteiger charge is -2.24. The van der Waals surface area contributed by atoms with Gasteiger partial charge in [-0.15, -0.1) is 0 Å². The second-order valence-electron chi connectivity index (χ2n) is 5.25. The lowest BCUT2D eigenvalue weighted by atomic mass is 10.1. The summed E-state index contributed by atoms with van der Waals surface area (Å²) in [5, 5.41) is 3.22. The molecule has 1 atom stereocenters. The molecule has 0 saturated carbocycles. The van der Waals surface area contributed by atoms with Crippen molar-refractivity contribution in [3.63, 3.8) is 0 Å². The van der Waals surface area contributed by atoms with E-state index in [0.717, 1.165) is 23.6 Å². The van der Waals surface area contributed by atoms with E-state index in [4.69, 9.17) is 9.47 Å². The highest BCUT2D eigenvalue weighted by molar-refractivity contribution is 5.78. The maximum Gasteiger partial charge on any atom is 0.231 e. The number of nitrogens with zero attached hydrogens (tertiary/aromatic N) is 1. The average molecular weight is 292 g/mol. The topological polar surface area (TPSA) is 50.8 Å². The maximum atomic E-state index is 12.4. The normalized spacial score (nSPS) is 14.0. The molecule has 116 valence electrons. The van der Waals surface area contributed by atoms with Crippen LogP contribution < -0.4 is 14.8 Å². The zero-order valence-electron chi connectivity index (χ0n) is 13.0. The summed E-state index contributed by atoms with van der Waals surface area (Å²) in [5.74, 6) is 1.69. The first-order chi connectivity index (χ1) is 10.2. The molecular weight excluding hydrogens is 268 g/mol. The molecule has 0 radical (unpaired) electrons. The Morgan fingerprint density at radius 2 is 2.10 bits per heavy atom. The van der Waals surface area contributed by atoms with Crippen LogP contribution in [0.25, 0.3) is 0 Å². The molecule has 0 bridgehead atoms. The Kier molecular flexibility index (Phi) is 5.44. The van der Waals surface area contributed by atoms with Gasteiger partial charge in [-0.05, 0) is 31.2 Å². The van der Waals surface area contributed by atoms with Crippen molar-refractivity contribution in [3.05, 3.63) is 23.8 Å². The fraction of sp³-hybridized carbons (Fsp3) is 0.562. The van der Waals surface area contributed by atoms with E-state index in [2.05, 4.69) is 5.32 Å². The first kappa shape index (κ1) is 15.6. The average Bonchev–Trinajstić information content (AvgIpc) is 2.97. The van der Waals surface area contributed by atoms with Crippen molar-refractivity contribution in [2.75, 3.05) is 26.4 Å². The van der Waals surface area contributed by atoms with Crippen LogP contribution in [0.15, 0.2) is 18.2 Å². The second kappa shape index (κ2) is 7.31. The lowest BCUT2D eigenvalue weighted by Crippen LogP contribution is -2.38.